The normalized spacial score (nSPS) is 24.9. The van der Waals surface area contributed by atoms with Crippen molar-refractivity contribution >= 4 is 17.4 Å². The van der Waals surface area contributed by atoms with Crippen LogP contribution in [0.2, 0.25) is 0 Å². The minimum absolute atomic E-state index is 0.900. The Morgan fingerprint density at radius 3 is 3.00 bits per heavy atom. The Balaban J connectivity index is 1.65. The molecule has 0 aliphatic carbocycles. The first-order valence-electron chi connectivity index (χ1n) is 5.98. The molecule has 86 valence electrons. The van der Waals surface area contributed by atoms with Gasteiger partial charge in [-0.2, -0.15) is 11.8 Å². The molecule has 3 rings (SSSR count). The molecule has 0 bridgehead atoms. The van der Waals surface area contributed by atoms with Gasteiger partial charge in [-0.05, 0) is 47.1 Å². The molecule has 1 fully saturated rings. The predicted octanol–water partition coefficient (Wildman–Crippen LogP) is 2.34. The maximum atomic E-state index is 5.82. The lowest BCUT2D eigenvalue weighted by atomic mass is 10.1. The average Bonchev–Trinajstić information content (AvgIpc) is 2.86. The van der Waals surface area contributed by atoms with E-state index in [0.717, 1.165) is 24.7 Å². The Bertz CT molecular complexity index is 386. The molecule has 2 aliphatic rings. The van der Waals surface area contributed by atoms with Gasteiger partial charge in [-0.3, -0.25) is 4.90 Å². The molecule has 1 aromatic carbocycles. The van der Waals surface area contributed by atoms with E-state index in [9.17, 15) is 0 Å². The Hall–Kier alpha value is -0.670. The van der Waals surface area contributed by atoms with E-state index < -0.39 is 0 Å². The second-order valence-electron chi connectivity index (χ2n) is 4.93. The van der Waals surface area contributed by atoms with E-state index in [2.05, 4.69) is 28.8 Å². The summed E-state index contributed by atoms with van der Waals surface area (Å²) < 4.78 is 0. The second-order valence-corrected chi connectivity index (χ2v) is 6.08. The van der Waals surface area contributed by atoms with Crippen LogP contribution in [0.1, 0.15) is 17.5 Å². The standard InChI is InChI=1S/C13H18N2S/c14-13-2-1-11-7-15(8-12(11)5-13)6-10-3-4-16-9-10/h1-2,5,10H,3-4,6-9,14H2. The zero-order valence-electron chi connectivity index (χ0n) is 9.48. The van der Waals surface area contributed by atoms with E-state index in [1.54, 1.807) is 0 Å². The summed E-state index contributed by atoms with van der Waals surface area (Å²) in [4.78, 5) is 2.57. The average molecular weight is 234 g/mol. The van der Waals surface area contributed by atoms with Gasteiger partial charge in [0.05, 0.1) is 0 Å². The van der Waals surface area contributed by atoms with E-state index in [1.807, 2.05) is 6.07 Å². The highest BCUT2D eigenvalue weighted by atomic mass is 32.2. The van der Waals surface area contributed by atoms with Crippen LogP contribution >= 0.6 is 11.8 Å². The zero-order valence-corrected chi connectivity index (χ0v) is 10.3. The van der Waals surface area contributed by atoms with E-state index in [0.29, 0.717) is 0 Å². The molecule has 1 saturated heterocycles. The number of nitrogen functional groups attached to an aromatic ring is 1. The molecule has 2 heterocycles. The third-order valence-corrected chi connectivity index (χ3v) is 4.79. The van der Waals surface area contributed by atoms with Crippen LogP contribution in [0, 0.1) is 5.92 Å². The van der Waals surface area contributed by atoms with Crippen LogP contribution in [0.15, 0.2) is 18.2 Å². The van der Waals surface area contributed by atoms with Gasteiger partial charge in [-0.1, -0.05) is 6.07 Å². The van der Waals surface area contributed by atoms with Gasteiger partial charge >= 0.3 is 0 Å². The molecule has 1 atom stereocenters. The van der Waals surface area contributed by atoms with E-state index in [-0.39, 0.29) is 0 Å². The Kier molecular flexibility index (Phi) is 2.82. The summed E-state index contributed by atoms with van der Waals surface area (Å²) >= 11 is 2.11. The maximum Gasteiger partial charge on any atom is 0.0317 e. The first-order valence-corrected chi connectivity index (χ1v) is 7.14. The smallest absolute Gasteiger partial charge is 0.0317 e. The van der Waals surface area contributed by atoms with Crippen molar-refractivity contribution in [3.05, 3.63) is 29.3 Å². The topological polar surface area (TPSA) is 29.3 Å². The molecular formula is C13H18N2S. The number of hydrogen-bond donors (Lipinski definition) is 1. The molecule has 0 spiro atoms. The predicted molar refractivity (Wildman–Crippen MR) is 70.4 cm³/mol. The molecule has 3 heteroatoms. The van der Waals surface area contributed by atoms with Gasteiger partial charge in [0.1, 0.15) is 0 Å². The molecule has 2 N–H and O–H groups in total. The van der Waals surface area contributed by atoms with Crippen molar-refractivity contribution in [3.63, 3.8) is 0 Å². The van der Waals surface area contributed by atoms with E-state index in [4.69, 9.17) is 5.73 Å². The molecule has 1 unspecified atom stereocenters. The first-order chi connectivity index (χ1) is 7.81. The van der Waals surface area contributed by atoms with Crippen molar-refractivity contribution in [3.8, 4) is 0 Å². The zero-order chi connectivity index (χ0) is 11.0. The number of thioether (sulfide) groups is 1. The Morgan fingerprint density at radius 2 is 2.19 bits per heavy atom. The van der Waals surface area contributed by atoms with Gasteiger partial charge in [0.2, 0.25) is 0 Å². The lowest BCUT2D eigenvalue weighted by molar-refractivity contribution is 0.246. The van der Waals surface area contributed by atoms with Gasteiger partial charge in [0.15, 0.2) is 0 Å². The summed E-state index contributed by atoms with van der Waals surface area (Å²) in [6.07, 6.45) is 1.40. The fraction of sp³-hybridized carbons (Fsp3) is 0.538. The highest BCUT2D eigenvalue weighted by molar-refractivity contribution is 7.99. The van der Waals surface area contributed by atoms with Crippen LogP contribution in [-0.4, -0.2) is 23.0 Å². The number of nitrogens with two attached hydrogens (primary N) is 1. The first kappa shape index (κ1) is 10.5. The van der Waals surface area contributed by atoms with Gasteiger partial charge in [-0.15, -0.1) is 0 Å². The van der Waals surface area contributed by atoms with Gasteiger partial charge in [-0.25, -0.2) is 0 Å². The van der Waals surface area contributed by atoms with Crippen LogP contribution in [0.25, 0.3) is 0 Å². The Morgan fingerprint density at radius 1 is 1.31 bits per heavy atom. The molecule has 0 radical (unpaired) electrons. The number of nitrogens with zero attached hydrogens (tertiary/aromatic N) is 1. The number of rotatable bonds is 2. The molecule has 16 heavy (non-hydrogen) atoms. The number of benzene rings is 1. The largest absolute Gasteiger partial charge is 0.399 e. The van der Waals surface area contributed by atoms with Crippen molar-refractivity contribution in [1.29, 1.82) is 0 Å². The van der Waals surface area contributed by atoms with Gasteiger partial charge in [0.25, 0.3) is 0 Å². The van der Waals surface area contributed by atoms with Gasteiger partial charge < -0.3 is 5.73 Å². The molecular weight excluding hydrogens is 216 g/mol. The lowest BCUT2D eigenvalue weighted by Crippen LogP contribution is -2.24. The monoisotopic (exact) mass is 234 g/mol. The van der Waals surface area contributed by atoms with Crippen LogP contribution in [-0.2, 0) is 13.1 Å². The second kappa shape index (κ2) is 4.30. The fourth-order valence-electron chi connectivity index (χ4n) is 2.71. The summed E-state index contributed by atoms with van der Waals surface area (Å²) in [7, 11) is 0. The molecule has 0 saturated carbocycles. The quantitative estimate of drug-likeness (QED) is 0.796. The van der Waals surface area contributed by atoms with Crippen LogP contribution in [0.3, 0.4) is 0 Å². The van der Waals surface area contributed by atoms with Crippen LogP contribution in [0.5, 0.6) is 0 Å². The molecule has 2 aliphatic heterocycles. The number of hydrogen-bond acceptors (Lipinski definition) is 3. The van der Waals surface area contributed by atoms with Crippen molar-refractivity contribution in [2.75, 3.05) is 23.8 Å². The third-order valence-electron chi connectivity index (χ3n) is 3.56. The van der Waals surface area contributed by atoms with E-state index in [1.165, 1.54) is 35.6 Å². The molecule has 0 aromatic heterocycles. The summed E-state index contributed by atoms with van der Waals surface area (Å²) in [6, 6.07) is 6.35. The van der Waals surface area contributed by atoms with Gasteiger partial charge in [0, 0.05) is 25.3 Å². The number of fused-ring (bicyclic) bond motifs is 1. The maximum absolute atomic E-state index is 5.82. The minimum Gasteiger partial charge on any atom is -0.399 e. The Labute approximate surface area is 101 Å². The lowest BCUT2D eigenvalue weighted by Gasteiger charge is -2.18. The van der Waals surface area contributed by atoms with Crippen molar-refractivity contribution in [1.82, 2.24) is 4.90 Å². The highest BCUT2D eigenvalue weighted by Crippen LogP contribution is 2.29. The molecule has 0 amide bonds. The van der Waals surface area contributed by atoms with Crippen LogP contribution < -0.4 is 5.73 Å². The van der Waals surface area contributed by atoms with Crippen molar-refractivity contribution in [2.45, 2.75) is 19.5 Å². The minimum atomic E-state index is 0.900. The summed E-state index contributed by atoms with van der Waals surface area (Å²) in [5.74, 6) is 3.63. The van der Waals surface area contributed by atoms with Crippen LogP contribution in [0.4, 0.5) is 5.69 Å². The van der Waals surface area contributed by atoms with Crippen molar-refractivity contribution in [2.24, 2.45) is 5.92 Å². The highest BCUT2D eigenvalue weighted by Gasteiger charge is 2.23. The fourth-order valence-corrected chi connectivity index (χ4v) is 3.98. The molecule has 1 aromatic rings. The summed E-state index contributed by atoms with van der Waals surface area (Å²) in [5, 5.41) is 0. The summed E-state index contributed by atoms with van der Waals surface area (Å²) in [6.45, 7) is 3.49. The van der Waals surface area contributed by atoms with Crippen molar-refractivity contribution < 1.29 is 0 Å². The summed E-state index contributed by atoms with van der Waals surface area (Å²) in [5.41, 5.74) is 9.63. The SMILES string of the molecule is Nc1ccc2c(c1)CN(CC1CCSC1)C2. The molecule has 2 nitrogen and oxygen atoms in total. The third kappa shape index (κ3) is 2.06. The number of anilines is 1. The van der Waals surface area contributed by atoms with E-state index >= 15 is 0 Å².